The Hall–Kier alpha value is -3.68. The van der Waals surface area contributed by atoms with Gasteiger partial charge in [-0.15, -0.1) is 5.10 Å². The number of anilines is 1. The smallest absolute Gasteiger partial charge is 0.242 e. The van der Waals surface area contributed by atoms with Gasteiger partial charge in [0.05, 0.1) is 12.6 Å². The number of benzene rings is 2. The molecule has 0 saturated heterocycles. The minimum atomic E-state index is -0.476. The van der Waals surface area contributed by atoms with E-state index >= 15 is 0 Å². The highest BCUT2D eigenvalue weighted by Gasteiger charge is 2.18. The Morgan fingerprint density at radius 2 is 2.00 bits per heavy atom. The molecule has 2 aromatic heterocycles. The van der Waals surface area contributed by atoms with Gasteiger partial charge in [-0.2, -0.15) is 4.52 Å². The Bertz CT molecular complexity index is 1190. The van der Waals surface area contributed by atoms with Gasteiger partial charge in [0.15, 0.2) is 11.5 Å². The molecular weight excluding hydrogens is 368 g/mol. The van der Waals surface area contributed by atoms with Crippen LogP contribution in [0.15, 0.2) is 48.5 Å². The van der Waals surface area contributed by atoms with Gasteiger partial charge in [-0.05, 0) is 38.1 Å². The van der Waals surface area contributed by atoms with Crippen molar-refractivity contribution in [3.63, 3.8) is 0 Å². The summed E-state index contributed by atoms with van der Waals surface area (Å²) >= 11 is 0. The summed E-state index contributed by atoms with van der Waals surface area (Å²) in [6.07, 6.45) is 0. The molecule has 1 amide bonds. The Kier molecular flexibility index (Phi) is 4.99. The summed E-state index contributed by atoms with van der Waals surface area (Å²) in [6.45, 7) is 4.23. The number of hydrogen-bond donors (Lipinski definition) is 2. The number of amides is 1. The maximum absolute atomic E-state index is 12.2. The highest BCUT2D eigenvalue weighted by atomic mass is 16.5. The van der Waals surface area contributed by atoms with Crippen LogP contribution >= 0.6 is 0 Å². The van der Waals surface area contributed by atoms with Crippen molar-refractivity contribution in [3.05, 3.63) is 48.5 Å². The van der Waals surface area contributed by atoms with E-state index in [0.29, 0.717) is 24.0 Å². The monoisotopic (exact) mass is 390 g/mol. The zero-order valence-corrected chi connectivity index (χ0v) is 16.5. The molecule has 0 radical (unpaired) electrons. The average molecular weight is 390 g/mol. The van der Waals surface area contributed by atoms with Crippen molar-refractivity contribution in [3.8, 4) is 17.1 Å². The van der Waals surface area contributed by atoms with Gasteiger partial charge in [0.2, 0.25) is 11.9 Å². The maximum Gasteiger partial charge on any atom is 0.242 e. The third kappa shape index (κ3) is 3.56. The molecule has 0 aliphatic rings. The molecule has 0 aliphatic heterocycles. The first-order valence-electron chi connectivity index (χ1n) is 9.45. The summed E-state index contributed by atoms with van der Waals surface area (Å²) in [4.78, 5) is 21.6. The topological polar surface area (TPSA) is 93.4 Å². The van der Waals surface area contributed by atoms with E-state index in [4.69, 9.17) is 9.72 Å². The molecule has 2 heterocycles. The van der Waals surface area contributed by atoms with Crippen LogP contribution in [0, 0.1) is 0 Å². The van der Waals surface area contributed by atoms with E-state index in [-0.39, 0.29) is 5.91 Å². The molecule has 0 bridgehead atoms. The summed E-state index contributed by atoms with van der Waals surface area (Å²) in [5.41, 5.74) is 2.27. The molecule has 4 rings (SSSR count). The highest BCUT2D eigenvalue weighted by molar-refractivity contribution is 5.93. The van der Waals surface area contributed by atoms with Gasteiger partial charge in [0.25, 0.3) is 0 Å². The minimum Gasteiger partial charge on any atom is -0.497 e. The zero-order valence-electron chi connectivity index (χ0n) is 16.5. The van der Waals surface area contributed by atoms with Crippen molar-refractivity contribution in [2.24, 2.45) is 0 Å². The molecule has 1 atom stereocenters. The average Bonchev–Trinajstić information content (AvgIpc) is 3.20. The van der Waals surface area contributed by atoms with E-state index in [1.807, 2.05) is 55.5 Å². The fourth-order valence-corrected chi connectivity index (χ4v) is 3.12. The lowest BCUT2D eigenvalue weighted by Gasteiger charge is -2.15. The number of carbonyl (C=O) groups is 1. The summed E-state index contributed by atoms with van der Waals surface area (Å²) in [6, 6.07) is 14.8. The summed E-state index contributed by atoms with van der Waals surface area (Å²) in [7, 11) is 1.62. The van der Waals surface area contributed by atoms with Crippen molar-refractivity contribution < 1.29 is 9.53 Å². The molecule has 8 nitrogen and oxygen atoms in total. The molecule has 0 spiro atoms. The predicted molar refractivity (Wildman–Crippen MR) is 112 cm³/mol. The van der Waals surface area contributed by atoms with Crippen LogP contribution in [-0.4, -0.2) is 45.2 Å². The number of ether oxygens (including phenoxy) is 1. The molecule has 148 valence electrons. The van der Waals surface area contributed by atoms with Gasteiger partial charge in [0, 0.05) is 17.5 Å². The van der Waals surface area contributed by atoms with Crippen LogP contribution in [0.5, 0.6) is 5.75 Å². The predicted octanol–water partition coefficient (Wildman–Crippen LogP) is 2.89. The number of nitrogens with zero attached hydrogens (tertiary/aromatic N) is 4. The third-order valence-electron chi connectivity index (χ3n) is 4.60. The lowest BCUT2D eigenvalue weighted by atomic mass is 10.2. The van der Waals surface area contributed by atoms with Gasteiger partial charge < -0.3 is 15.4 Å². The molecule has 0 fully saturated rings. The van der Waals surface area contributed by atoms with Crippen LogP contribution in [0.25, 0.3) is 27.9 Å². The quantitative estimate of drug-likeness (QED) is 0.526. The molecule has 0 aliphatic carbocycles. The summed E-state index contributed by atoms with van der Waals surface area (Å²) in [5, 5.41) is 11.5. The van der Waals surface area contributed by atoms with Gasteiger partial charge in [-0.1, -0.05) is 24.3 Å². The standard InChI is InChI=1S/C21H22N6O2/c1-4-22-20(28)13(2)23-21-24-17-11-6-5-10-16(17)19-25-18(26-27(19)21)14-8-7-9-15(12-14)29-3/h5-13H,4H2,1-3H3,(H,22,28)(H,23,24)/t13-/m1/s1. The van der Waals surface area contributed by atoms with Crippen LogP contribution < -0.4 is 15.4 Å². The first kappa shape index (κ1) is 18.7. The second-order valence-electron chi connectivity index (χ2n) is 6.62. The van der Waals surface area contributed by atoms with Crippen LogP contribution in [0.1, 0.15) is 13.8 Å². The Morgan fingerprint density at radius 1 is 1.17 bits per heavy atom. The van der Waals surface area contributed by atoms with Crippen LogP contribution in [0.2, 0.25) is 0 Å². The fraction of sp³-hybridized carbons (Fsp3) is 0.238. The second-order valence-corrected chi connectivity index (χ2v) is 6.62. The van der Waals surface area contributed by atoms with E-state index in [2.05, 4.69) is 20.7 Å². The van der Waals surface area contributed by atoms with E-state index in [0.717, 1.165) is 22.2 Å². The van der Waals surface area contributed by atoms with Gasteiger partial charge in [-0.25, -0.2) is 9.97 Å². The zero-order chi connectivity index (χ0) is 20.4. The molecule has 0 saturated carbocycles. The van der Waals surface area contributed by atoms with Gasteiger partial charge in [-0.3, -0.25) is 4.79 Å². The van der Waals surface area contributed by atoms with Gasteiger partial charge >= 0.3 is 0 Å². The number of para-hydroxylation sites is 1. The molecule has 29 heavy (non-hydrogen) atoms. The van der Waals surface area contributed by atoms with E-state index in [9.17, 15) is 4.79 Å². The van der Waals surface area contributed by atoms with Crippen LogP contribution in [0.3, 0.4) is 0 Å². The molecular formula is C21H22N6O2. The Balaban J connectivity index is 1.86. The number of rotatable bonds is 6. The first-order valence-corrected chi connectivity index (χ1v) is 9.45. The van der Waals surface area contributed by atoms with Gasteiger partial charge in [0.1, 0.15) is 11.8 Å². The summed E-state index contributed by atoms with van der Waals surface area (Å²) in [5.74, 6) is 1.63. The van der Waals surface area contributed by atoms with Crippen molar-refractivity contribution >= 4 is 28.4 Å². The number of aromatic nitrogens is 4. The lowest BCUT2D eigenvalue weighted by Crippen LogP contribution is -2.38. The molecule has 4 aromatic rings. The number of likely N-dealkylation sites (N-methyl/N-ethyl adjacent to an activating group) is 1. The van der Waals surface area contributed by atoms with Crippen molar-refractivity contribution in [2.75, 3.05) is 19.0 Å². The SMILES string of the molecule is CCNC(=O)[C@@H](C)Nc1nc2ccccc2c2nc(-c3cccc(OC)c3)nn12. The summed E-state index contributed by atoms with van der Waals surface area (Å²) < 4.78 is 6.96. The fourth-order valence-electron chi connectivity index (χ4n) is 3.12. The van der Waals surface area contributed by atoms with Crippen LogP contribution in [-0.2, 0) is 4.79 Å². The lowest BCUT2D eigenvalue weighted by molar-refractivity contribution is -0.121. The first-order chi connectivity index (χ1) is 14.1. The van der Waals surface area contributed by atoms with Crippen molar-refractivity contribution in [1.82, 2.24) is 24.9 Å². The second kappa shape index (κ2) is 7.75. The minimum absolute atomic E-state index is 0.108. The number of carbonyl (C=O) groups excluding carboxylic acids is 1. The maximum atomic E-state index is 12.2. The van der Waals surface area contributed by atoms with Crippen LogP contribution in [0.4, 0.5) is 5.95 Å². The Morgan fingerprint density at radius 3 is 2.79 bits per heavy atom. The number of fused-ring (bicyclic) bond motifs is 3. The number of nitrogens with one attached hydrogen (secondary N) is 2. The van der Waals surface area contributed by atoms with Crippen molar-refractivity contribution in [1.29, 1.82) is 0 Å². The third-order valence-corrected chi connectivity index (χ3v) is 4.60. The molecule has 2 aromatic carbocycles. The normalized spacial score (nSPS) is 12.1. The van der Waals surface area contributed by atoms with E-state index < -0.39 is 6.04 Å². The molecule has 0 unspecified atom stereocenters. The largest absolute Gasteiger partial charge is 0.497 e. The van der Waals surface area contributed by atoms with Crippen molar-refractivity contribution in [2.45, 2.75) is 19.9 Å². The molecule has 2 N–H and O–H groups in total. The Labute approximate surface area is 167 Å². The molecule has 8 heteroatoms. The van der Waals surface area contributed by atoms with E-state index in [1.54, 1.807) is 18.5 Å². The highest BCUT2D eigenvalue weighted by Crippen LogP contribution is 2.26. The number of methoxy groups -OCH3 is 1. The van der Waals surface area contributed by atoms with E-state index in [1.165, 1.54) is 0 Å². The number of hydrogen-bond acceptors (Lipinski definition) is 6.